The Hall–Kier alpha value is -1.36. The Bertz CT molecular complexity index is 531. The number of carbonyl (C=O) groups is 2. The number of nitrogens with one attached hydrogen (secondary N) is 1. The van der Waals surface area contributed by atoms with Crippen LogP contribution >= 0.6 is 11.3 Å². The molecular weight excluding hydrogens is 296 g/mol. The third kappa shape index (κ3) is 4.32. The molecule has 1 aromatic rings. The summed E-state index contributed by atoms with van der Waals surface area (Å²) in [5, 5.41) is 3.52. The molecular formula is C17H26N2O2S. The minimum Gasteiger partial charge on any atom is -0.366 e. The number of anilines is 1. The summed E-state index contributed by atoms with van der Waals surface area (Å²) in [4.78, 5) is 24.8. The van der Waals surface area contributed by atoms with Crippen LogP contribution in [-0.2, 0) is 4.79 Å². The quantitative estimate of drug-likeness (QED) is 0.828. The molecule has 1 heterocycles. The Morgan fingerprint density at radius 3 is 2.59 bits per heavy atom. The van der Waals surface area contributed by atoms with Gasteiger partial charge in [0.2, 0.25) is 5.91 Å². The van der Waals surface area contributed by atoms with Gasteiger partial charge in [0.1, 0.15) is 5.00 Å². The van der Waals surface area contributed by atoms with E-state index in [4.69, 9.17) is 5.73 Å². The van der Waals surface area contributed by atoms with Crippen molar-refractivity contribution < 1.29 is 9.59 Å². The van der Waals surface area contributed by atoms with Crippen LogP contribution in [0.2, 0.25) is 0 Å². The summed E-state index contributed by atoms with van der Waals surface area (Å²) in [5.74, 6) is 0.413. The molecule has 1 saturated carbocycles. The molecule has 1 aromatic heterocycles. The standard InChI is InChI=1S/C17H26N2O2S/c1-3-4-5-12-6-8-13(9-7-12)16(21)19-17-14(15(18)20)10-11(2)22-17/h10,12-13H,3-9H2,1-2H3,(H2,18,20)(H,19,21). The molecule has 0 bridgehead atoms. The summed E-state index contributed by atoms with van der Waals surface area (Å²) in [5.41, 5.74) is 5.79. The Morgan fingerprint density at radius 2 is 2.00 bits per heavy atom. The van der Waals surface area contributed by atoms with Crippen LogP contribution in [0.1, 0.15) is 67.1 Å². The lowest BCUT2D eigenvalue weighted by molar-refractivity contribution is -0.121. The van der Waals surface area contributed by atoms with E-state index in [0.29, 0.717) is 10.6 Å². The van der Waals surface area contributed by atoms with Crippen LogP contribution in [0.3, 0.4) is 0 Å². The highest BCUT2D eigenvalue weighted by Gasteiger charge is 2.27. The number of primary amides is 1. The number of amides is 2. The molecule has 2 amide bonds. The molecule has 5 heteroatoms. The lowest BCUT2D eigenvalue weighted by Crippen LogP contribution is -2.27. The number of hydrogen-bond donors (Lipinski definition) is 2. The topological polar surface area (TPSA) is 72.2 Å². The first kappa shape index (κ1) is 17.0. The van der Waals surface area contributed by atoms with E-state index in [2.05, 4.69) is 12.2 Å². The molecule has 0 spiro atoms. The van der Waals surface area contributed by atoms with Gasteiger partial charge in [-0.25, -0.2) is 0 Å². The van der Waals surface area contributed by atoms with Crippen LogP contribution in [0, 0.1) is 18.8 Å². The molecule has 0 unspecified atom stereocenters. The van der Waals surface area contributed by atoms with Gasteiger partial charge in [-0.15, -0.1) is 11.3 Å². The number of nitrogens with two attached hydrogens (primary N) is 1. The van der Waals surface area contributed by atoms with Crippen molar-refractivity contribution in [3.8, 4) is 0 Å². The van der Waals surface area contributed by atoms with Crippen LogP contribution in [0.5, 0.6) is 0 Å². The van der Waals surface area contributed by atoms with Crippen LogP contribution in [0.25, 0.3) is 0 Å². The predicted molar refractivity (Wildman–Crippen MR) is 91.2 cm³/mol. The summed E-state index contributed by atoms with van der Waals surface area (Å²) in [6.45, 7) is 4.13. The van der Waals surface area contributed by atoms with E-state index in [1.807, 2.05) is 6.92 Å². The van der Waals surface area contributed by atoms with Crippen LogP contribution < -0.4 is 11.1 Å². The maximum Gasteiger partial charge on any atom is 0.251 e. The average molecular weight is 322 g/mol. The molecule has 1 aliphatic rings. The van der Waals surface area contributed by atoms with Gasteiger partial charge in [0.05, 0.1) is 5.56 Å². The highest BCUT2D eigenvalue weighted by atomic mass is 32.1. The van der Waals surface area contributed by atoms with E-state index in [9.17, 15) is 9.59 Å². The smallest absolute Gasteiger partial charge is 0.251 e. The number of rotatable bonds is 6. The highest BCUT2D eigenvalue weighted by Crippen LogP contribution is 2.34. The molecule has 0 aromatic carbocycles. The second-order valence-electron chi connectivity index (χ2n) is 6.31. The van der Waals surface area contributed by atoms with Gasteiger partial charge < -0.3 is 11.1 Å². The van der Waals surface area contributed by atoms with Gasteiger partial charge in [-0.05, 0) is 44.6 Å². The van der Waals surface area contributed by atoms with Gasteiger partial charge in [0.15, 0.2) is 0 Å². The van der Waals surface area contributed by atoms with Crippen LogP contribution in [-0.4, -0.2) is 11.8 Å². The minimum atomic E-state index is -0.483. The molecule has 122 valence electrons. The zero-order valence-electron chi connectivity index (χ0n) is 13.5. The van der Waals surface area contributed by atoms with Gasteiger partial charge in [0, 0.05) is 10.8 Å². The molecule has 0 saturated heterocycles. The summed E-state index contributed by atoms with van der Waals surface area (Å²) in [7, 11) is 0. The summed E-state index contributed by atoms with van der Waals surface area (Å²) in [6.07, 6.45) is 8.02. The molecule has 0 aliphatic heterocycles. The molecule has 0 atom stereocenters. The molecule has 1 fully saturated rings. The van der Waals surface area contributed by atoms with E-state index < -0.39 is 5.91 Å². The average Bonchev–Trinajstić information content (AvgIpc) is 2.86. The number of aryl methyl sites for hydroxylation is 1. The van der Waals surface area contributed by atoms with E-state index in [-0.39, 0.29) is 11.8 Å². The lowest BCUT2D eigenvalue weighted by atomic mass is 9.79. The van der Waals surface area contributed by atoms with E-state index >= 15 is 0 Å². The second-order valence-corrected chi connectivity index (χ2v) is 7.57. The Labute approximate surface area is 136 Å². The van der Waals surface area contributed by atoms with Crippen molar-refractivity contribution in [1.29, 1.82) is 0 Å². The maximum absolute atomic E-state index is 12.4. The Balaban J connectivity index is 1.90. The first-order chi connectivity index (χ1) is 10.5. The summed E-state index contributed by atoms with van der Waals surface area (Å²) >= 11 is 1.41. The van der Waals surface area contributed by atoms with Crippen LogP contribution in [0.15, 0.2) is 6.07 Å². The minimum absolute atomic E-state index is 0.0401. The third-order valence-electron chi connectivity index (χ3n) is 4.54. The van der Waals surface area contributed by atoms with Crippen molar-refractivity contribution >= 4 is 28.2 Å². The molecule has 0 radical (unpaired) electrons. The van der Waals surface area contributed by atoms with Gasteiger partial charge in [-0.1, -0.05) is 26.2 Å². The number of carbonyl (C=O) groups excluding carboxylic acids is 2. The van der Waals surface area contributed by atoms with Crippen LogP contribution in [0.4, 0.5) is 5.00 Å². The fourth-order valence-corrected chi connectivity index (χ4v) is 4.13. The summed E-state index contributed by atoms with van der Waals surface area (Å²) in [6, 6.07) is 1.74. The lowest BCUT2D eigenvalue weighted by Gasteiger charge is -2.27. The first-order valence-corrected chi connectivity index (χ1v) is 9.04. The second kappa shape index (κ2) is 7.77. The molecule has 4 nitrogen and oxygen atoms in total. The number of thiophene rings is 1. The van der Waals surface area contributed by atoms with Crippen molar-refractivity contribution in [2.24, 2.45) is 17.6 Å². The van der Waals surface area contributed by atoms with Crippen molar-refractivity contribution in [1.82, 2.24) is 0 Å². The van der Waals surface area contributed by atoms with Crippen molar-refractivity contribution in [2.45, 2.75) is 58.8 Å². The van der Waals surface area contributed by atoms with Gasteiger partial charge >= 0.3 is 0 Å². The maximum atomic E-state index is 12.4. The van der Waals surface area contributed by atoms with Crippen molar-refractivity contribution in [2.75, 3.05) is 5.32 Å². The third-order valence-corrected chi connectivity index (χ3v) is 5.51. The fourth-order valence-electron chi connectivity index (χ4n) is 3.21. The summed E-state index contributed by atoms with van der Waals surface area (Å²) < 4.78 is 0. The normalized spacial score (nSPS) is 21.5. The zero-order valence-corrected chi connectivity index (χ0v) is 14.3. The van der Waals surface area contributed by atoms with Gasteiger partial charge in [0.25, 0.3) is 5.91 Å². The molecule has 2 rings (SSSR count). The highest BCUT2D eigenvalue weighted by molar-refractivity contribution is 7.16. The van der Waals surface area contributed by atoms with Gasteiger partial charge in [-0.3, -0.25) is 9.59 Å². The monoisotopic (exact) mass is 322 g/mol. The van der Waals surface area contributed by atoms with E-state index in [1.54, 1.807) is 6.07 Å². The fraction of sp³-hybridized carbons (Fsp3) is 0.647. The molecule has 22 heavy (non-hydrogen) atoms. The Morgan fingerprint density at radius 1 is 1.32 bits per heavy atom. The predicted octanol–water partition coefficient (Wildman–Crippen LogP) is 4.09. The largest absolute Gasteiger partial charge is 0.366 e. The zero-order chi connectivity index (χ0) is 16.1. The SMILES string of the molecule is CCCCC1CCC(C(=O)Nc2sc(C)cc2C(N)=O)CC1. The number of unbranched alkanes of at least 4 members (excludes halogenated alkanes) is 1. The van der Waals surface area contributed by atoms with Gasteiger partial charge in [-0.2, -0.15) is 0 Å². The first-order valence-electron chi connectivity index (χ1n) is 8.22. The van der Waals surface area contributed by atoms with Crippen molar-refractivity contribution in [3.63, 3.8) is 0 Å². The molecule has 1 aliphatic carbocycles. The van der Waals surface area contributed by atoms with Crippen molar-refractivity contribution in [3.05, 3.63) is 16.5 Å². The molecule has 3 N–H and O–H groups in total. The Kier molecular flexibility index (Phi) is 6.00. The van der Waals surface area contributed by atoms with E-state index in [1.165, 1.54) is 30.6 Å². The van der Waals surface area contributed by atoms with E-state index in [0.717, 1.165) is 36.5 Å². The number of hydrogen-bond acceptors (Lipinski definition) is 3.